The molecule has 0 spiro atoms. The van der Waals surface area contributed by atoms with Crippen LogP contribution in [-0.2, 0) is 19.7 Å². The molecule has 5 rings (SSSR count). The Morgan fingerprint density at radius 2 is 1.43 bits per heavy atom. The summed E-state index contributed by atoms with van der Waals surface area (Å²) in [6.45, 7) is 0. The molecule has 1 saturated carbocycles. The van der Waals surface area contributed by atoms with Crippen molar-refractivity contribution in [3.05, 3.63) is 83.8 Å². The van der Waals surface area contributed by atoms with Crippen LogP contribution in [-0.4, -0.2) is 21.6 Å². The first-order valence-corrected chi connectivity index (χ1v) is 12.3. The van der Waals surface area contributed by atoms with Crippen LogP contribution in [0, 0.1) is 17.8 Å². The van der Waals surface area contributed by atoms with E-state index in [1.807, 2.05) is 12.2 Å². The van der Waals surface area contributed by atoms with Gasteiger partial charge in [0, 0.05) is 10.8 Å². The molecule has 4 nitrogen and oxygen atoms in total. The SMILES string of the molecule is O=S(=O)(C1=CC2C(C1)C1C=C[C@]2(S(=O)(=O)c2ccccc2)C1)c1ccccc1. The molecule has 2 aromatic rings. The van der Waals surface area contributed by atoms with Gasteiger partial charge in [-0.1, -0.05) is 54.6 Å². The summed E-state index contributed by atoms with van der Waals surface area (Å²) in [6.07, 6.45) is 6.47. The second-order valence-corrected chi connectivity index (χ2v) is 12.1. The van der Waals surface area contributed by atoms with Crippen LogP contribution in [0.2, 0.25) is 0 Å². The Balaban J connectivity index is 1.60. The monoisotopic (exact) mass is 412 g/mol. The molecule has 0 aliphatic heterocycles. The van der Waals surface area contributed by atoms with E-state index in [1.54, 1.807) is 66.7 Å². The molecule has 0 amide bonds. The number of sulfone groups is 2. The average Bonchev–Trinajstić information content (AvgIpc) is 3.41. The lowest BCUT2D eigenvalue weighted by molar-refractivity contribution is 0.399. The lowest BCUT2D eigenvalue weighted by atomic mass is 9.85. The van der Waals surface area contributed by atoms with E-state index in [-0.39, 0.29) is 22.6 Å². The minimum Gasteiger partial charge on any atom is -0.223 e. The third-order valence-electron chi connectivity index (χ3n) is 6.51. The van der Waals surface area contributed by atoms with Gasteiger partial charge in [-0.25, -0.2) is 16.8 Å². The highest BCUT2D eigenvalue weighted by atomic mass is 32.2. The topological polar surface area (TPSA) is 68.3 Å². The van der Waals surface area contributed by atoms with Gasteiger partial charge >= 0.3 is 0 Å². The Bertz CT molecular complexity index is 1200. The molecule has 0 N–H and O–H groups in total. The van der Waals surface area contributed by atoms with Gasteiger partial charge in [-0.3, -0.25) is 0 Å². The van der Waals surface area contributed by atoms with Crippen LogP contribution >= 0.6 is 0 Å². The van der Waals surface area contributed by atoms with Crippen LogP contribution in [0.5, 0.6) is 0 Å². The molecule has 4 atom stereocenters. The van der Waals surface area contributed by atoms with E-state index in [2.05, 4.69) is 0 Å². The van der Waals surface area contributed by atoms with Gasteiger partial charge in [-0.2, -0.15) is 0 Å². The molecule has 3 aliphatic carbocycles. The van der Waals surface area contributed by atoms with E-state index < -0.39 is 24.4 Å². The second-order valence-electron chi connectivity index (χ2n) is 7.84. The second kappa shape index (κ2) is 5.91. The molecule has 0 aromatic heterocycles. The first-order valence-electron chi connectivity index (χ1n) is 9.36. The van der Waals surface area contributed by atoms with E-state index in [0.29, 0.717) is 22.6 Å². The molecule has 3 unspecified atom stereocenters. The normalized spacial score (nSPS) is 31.0. The van der Waals surface area contributed by atoms with Crippen molar-refractivity contribution in [1.82, 2.24) is 0 Å². The highest BCUT2D eigenvalue weighted by Gasteiger charge is 2.63. The number of rotatable bonds is 4. The molecular weight excluding hydrogens is 392 g/mol. The molecule has 0 saturated heterocycles. The number of hydrogen-bond donors (Lipinski definition) is 0. The van der Waals surface area contributed by atoms with Gasteiger partial charge in [0.05, 0.1) is 9.79 Å². The zero-order valence-electron chi connectivity index (χ0n) is 15.1. The summed E-state index contributed by atoms with van der Waals surface area (Å²) in [7, 11) is -7.22. The Labute approximate surface area is 165 Å². The maximum atomic E-state index is 13.6. The summed E-state index contributed by atoms with van der Waals surface area (Å²) in [6, 6.07) is 16.9. The summed E-state index contributed by atoms with van der Waals surface area (Å²) in [5.41, 5.74) is 0. The van der Waals surface area contributed by atoms with Gasteiger partial charge in [-0.15, -0.1) is 0 Å². The van der Waals surface area contributed by atoms with Crippen molar-refractivity contribution in [1.29, 1.82) is 0 Å². The van der Waals surface area contributed by atoms with E-state index in [1.165, 1.54) is 0 Å². The van der Waals surface area contributed by atoms with Crippen molar-refractivity contribution in [3.8, 4) is 0 Å². The molecule has 0 heterocycles. The summed E-state index contributed by atoms with van der Waals surface area (Å²) in [5.74, 6) is -0.179. The molecule has 6 heteroatoms. The van der Waals surface area contributed by atoms with Crippen LogP contribution in [0.3, 0.4) is 0 Å². The van der Waals surface area contributed by atoms with E-state index in [4.69, 9.17) is 0 Å². The van der Waals surface area contributed by atoms with E-state index in [0.717, 1.165) is 0 Å². The maximum Gasteiger partial charge on any atom is 0.202 e. The van der Waals surface area contributed by atoms with Gasteiger partial charge in [0.15, 0.2) is 9.84 Å². The predicted octanol–water partition coefficient (Wildman–Crippen LogP) is 3.78. The molecule has 2 bridgehead atoms. The highest BCUT2D eigenvalue weighted by molar-refractivity contribution is 7.95. The summed E-state index contributed by atoms with van der Waals surface area (Å²) in [5, 5.41) is 0. The average molecular weight is 413 g/mol. The van der Waals surface area contributed by atoms with Crippen molar-refractivity contribution < 1.29 is 16.8 Å². The highest BCUT2D eigenvalue weighted by Crippen LogP contribution is 2.61. The van der Waals surface area contributed by atoms with Gasteiger partial charge < -0.3 is 0 Å². The number of benzene rings is 2. The standard InChI is InChI=1S/C22H20O4S2/c23-27(24,17-7-3-1-4-8-17)19-13-20-16-11-12-22(15-16,21(20)14-19)28(25,26)18-9-5-2-6-10-18/h1-12,14,16,20-21H,13,15H2/t16?,20?,21?,22-/m0/s1. The largest absolute Gasteiger partial charge is 0.223 e. The number of hydrogen-bond acceptors (Lipinski definition) is 4. The fourth-order valence-corrected chi connectivity index (χ4v) is 8.93. The summed E-state index contributed by atoms with van der Waals surface area (Å²) in [4.78, 5) is 0.921. The Morgan fingerprint density at radius 1 is 0.821 bits per heavy atom. The zero-order valence-corrected chi connectivity index (χ0v) is 16.7. The zero-order chi connectivity index (χ0) is 19.6. The van der Waals surface area contributed by atoms with Crippen molar-refractivity contribution in [2.24, 2.45) is 17.8 Å². The van der Waals surface area contributed by atoms with Gasteiger partial charge in [0.1, 0.15) is 4.75 Å². The fraction of sp³-hybridized carbons (Fsp3) is 0.273. The van der Waals surface area contributed by atoms with Crippen LogP contribution < -0.4 is 0 Å². The first kappa shape index (κ1) is 17.9. The molecule has 3 aliphatic rings. The van der Waals surface area contributed by atoms with Crippen molar-refractivity contribution in [2.45, 2.75) is 27.4 Å². The van der Waals surface area contributed by atoms with Gasteiger partial charge in [0.25, 0.3) is 0 Å². The van der Waals surface area contributed by atoms with Crippen LogP contribution in [0.15, 0.2) is 93.6 Å². The lowest BCUT2D eigenvalue weighted by Crippen LogP contribution is -2.40. The van der Waals surface area contributed by atoms with Gasteiger partial charge in [0.2, 0.25) is 9.84 Å². The Hall–Kier alpha value is -2.18. The van der Waals surface area contributed by atoms with Crippen molar-refractivity contribution in [3.63, 3.8) is 0 Å². The molecule has 144 valence electrons. The Kier molecular flexibility index (Phi) is 3.77. The number of allylic oxidation sites excluding steroid dienone is 3. The first-order chi connectivity index (χ1) is 13.4. The predicted molar refractivity (Wildman–Crippen MR) is 107 cm³/mol. The Morgan fingerprint density at radius 3 is 2.07 bits per heavy atom. The lowest BCUT2D eigenvalue weighted by Gasteiger charge is -2.31. The number of fused-ring (bicyclic) bond motifs is 5. The summed E-state index contributed by atoms with van der Waals surface area (Å²) >= 11 is 0. The van der Waals surface area contributed by atoms with Crippen molar-refractivity contribution >= 4 is 19.7 Å². The van der Waals surface area contributed by atoms with Gasteiger partial charge in [-0.05, 0) is 48.9 Å². The minimum absolute atomic E-state index is 0.0250. The third kappa shape index (κ3) is 2.28. The van der Waals surface area contributed by atoms with Crippen LogP contribution in [0.25, 0.3) is 0 Å². The quantitative estimate of drug-likeness (QED) is 0.717. The fourth-order valence-electron chi connectivity index (χ4n) is 5.15. The van der Waals surface area contributed by atoms with Crippen molar-refractivity contribution in [2.75, 3.05) is 0 Å². The third-order valence-corrected chi connectivity index (χ3v) is 10.9. The molecular formula is C22H20O4S2. The van der Waals surface area contributed by atoms with E-state index >= 15 is 0 Å². The molecule has 2 aromatic carbocycles. The molecule has 1 fully saturated rings. The van der Waals surface area contributed by atoms with E-state index in [9.17, 15) is 16.8 Å². The molecule has 0 radical (unpaired) electrons. The smallest absolute Gasteiger partial charge is 0.202 e. The summed E-state index contributed by atoms with van der Waals surface area (Å²) < 4.78 is 52.2. The molecule has 28 heavy (non-hydrogen) atoms. The maximum absolute atomic E-state index is 13.6. The van der Waals surface area contributed by atoms with Crippen LogP contribution in [0.4, 0.5) is 0 Å². The minimum atomic E-state index is -3.62. The van der Waals surface area contributed by atoms with Crippen LogP contribution in [0.1, 0.15) is 12.8 Å².